The van der Waals surface area contributed by atoms with Crippen molar-refractivity contribution in [3.8, 4) is 11.5 Å². The molecule has 0 spiro atoms. The number of carbonyl (C=O) groups is 1. The first kappa shape index (κ1) is 17.8. The molecule has 1 heterocycles. The summed E-state index contributed by atoms with van der Waals surface area (Å²) < 4.78 is 10.6. The molecule has 0 radical (unpaired) electrons. The fourth-order valence-electron chi connectivity index (χ4n) is 2.81. The van der Waals surface area contributed by atoms with E-state index in [2.05, 4.69) is 10.5 Å². The van der Waals surface area contributed by atoms with Crippen molar-refractivity contribution < 1.29 is 19.1 Å². The third-order valence-electron chi connectivity index (χ3n) is 4.23. The number of hydrogen-bond acceptors (Lipinski definition) is 5. The van der Waals surface area contributed by atoms with Gasteiger partial charge in [-0.25, -0.2) is 0 Å². The van der Waals surface area contributed by atoms with Gasteiger partial charge in [0.1, 0.15) is 11.5 Å². The van der Waals surface area contributed by atoms with Crippen LogP contribution in [-0.4, -0.2) is 38.5 Å². The summed E-state index contributed by atoms with van der Waals surface area (Å²) in [6.07, 6.45) is 0.536. The minimum absolute atomic E-state index is 0.165. The monoisotopic (exact) mass is 354 g/mol. The minimum Gasteiger partial charge on any atom is -0.497 e. The number of hydrogen-bond donors (Lipinski definition) is 1. The zero-order chi connectivity index (χ0) is 18.4. The molecule has 3 rings (SSSR count). The average molecular weight is 354 g/mol. The predicted octanol–water partition coefficient (Wildman–Crippen LogP) is 2.56. The zero-order valence-corrected chi connectivity index (χ0v) is 14.9. The molecule has 1 aliphatic heterocycles. The molecule has 1 amide bonds. The first-order valence-corrected chi connectivity index (χ1v) is 8.48. The minimum atomic E-state index is -0.628. The highest BCUT2D eigenvalue weighted by Gasteiger charge is 2.30. The number of nitrogens with one attached hydrogen (secondary N) is 1. The Bertz CT molecular complexity index is 790. The van der Waals surface area contributed by atoms with Crippen LogP contribution in [0.3, 0.4) is 0 Å². The molecule has 6 nitrogen and oxygen atoms in total. The summed E-state index contributed by atoms with van der Waals surface area (Å²) in [5.41, 5.74) is 2.62. The highest BCUT2D eigenvalue weighted by Crippen LogP contribution is 2.28. The highest BCUT2D eigenvalue weighted by molar-refractivity contribution is 6.06. The summed E-state index contributed by atoms with van der Waals surface area (Å²) in [4.78, 5) is 17.7. The Kier molecular flexibility index (Phi) is 5.73. The Hall–Kier alpha value is -3.02. The first-order valence-electron chi connectivity index (χ1n) is 8.48. The second-order valence-corrected chi connectivity index (χ2v) is 5.93. The quantitative estimate of drug-likeness (QED) is 0.830. The lowest BCUT2D eigenvalue weighted by atomic mass is 10.0. The van der Waals surface area contributed by atoms with Gasteiger partial charge in [0.15, 0.2) is 0 Å². The number of methoxy groups -OCH3 is 2. The van der Waals surface area contributed by atoms with Gasteiger partial charge in [-0.3, -0.25) is 4.79 Å². The number of amides is 1. The van der Waals surface area contributed by atoms with Crippen molar-refractivity contribution in [3.63, 3.8) is 0 Å². The summed E-state index contributed by atoms with van der Waals surface area (Å²) in [5.74, 6) is 1.19. The van der Waals surface area contributed by atoms with E-state index in [1.54, 1.807) is 14.2 Å². The van der Waals surface area contributed by atoms with Crippen LogP contribution in [0.4, 0.5) is 0 Å². The molecule has 0 bridgehead atoms. The van der Waals surface area contributed by atoms with Crippen LogP contribution >= 0.6 is 0 Å². The summed E-state index contributed by atoms with van der Waals surface area (Å²) in [6, 6.07) is 15.5. The maximum absolute atomic E-state index is 12.3. The smallest absolute Gasteiger partial charge is 0.264 e. The van der Waals surface area contributed by atoms with Gasteiger partial charge in [-0.05, 0) is 30.2 Å². The van der Waals surface area contributed by atoms with E-state index in [1.807, 2.05) is 48.5 Å². The van der Waals surface area contributed by atoms with Gasteiger partial charge in [-0.2, -0.15) is 0 Å². The van der Waals surface area contributed by atoms with Crippen molar-refractivity contribution in [1.29, 1.82) is 0 Å². The molecule has 136 valence electrons. The summed E-state index contributed by atoms with van der Waals surface area (Å²) in [5, 5.41) is 6.98. The van der Waals surface area contributed by atoms with Gasteiger partial charge in [-0.1, -0.05) is 35.5 Å². The number of carbonyl (C=O) groups excluding carboxylic acids is 1. The summed E-state index contributed by atoms with van der Waals surface area (Å²) in [7, 11) is 3.19. The lowest BCUT2D eigenvalue weighted by Crippen LogP contribution is -2.36. The average Bonchev–Trinajstić information content (AvgIpc) is 3.18. The summed E-state index contributed by atoms with van der Waals surface area (Å²) in [6.45, 7) is 0.556. The Morgan fingerprint density at radius 2 is 2.00 bits per heavy atom. The molecule has 0 fully saturated rings. The molecule has 0 unspecified atom stereocenters. The second kappa shape index (κ2) is 8.38. The summed E-state index contributed by atoms with van der Waals surface area (Å²) >= 11 is 0. The van der Waals surface area contributed by atoms with Crippen molar-refractivity contribution in [2.24, 2.45) is 5.16 Å². The van der Waals surface area contributed by atoms with Crippen LogP contribution < -0.4 is 14.8 Å². The topological polar surface area (TPSA) is 69.1 Å². The van der Waals surface area contributed by atoms with Crippen LogP contribution in [0.15, 0.2) is 53.7 Å². The lowest BCUT2D eigenvalue weighted by Gasteiger charge is -2.11. The van der Waals surface area contributed by atoms with Crippen molar-refractivity contribution in [3.05, 3.63) is 59.7 Å². The molecule has 0 aliphatic carbocycles. The van der Waals surface area contributed by atoms with Gasteiger partial charge >= 0.3 is 0 Å². The van der Waals surface area contributed by atoms with E-state index >= 15 is 0 Å². The molecule has 0 saturated heterocycles. The standard InChI is InChI=1S/C20H22N2O4/c1-24-15-8-9-18(25-2)16(12-15)17-13-19(26-22-17)20(23)21-11-10-14-6-4-3-5-7-14/h3-9,12,19H,10-11,13H2,1-2H3,(H,21,23)/t19-/m0/s1. The Labute approximate surface area is 152 Å². The molecule has 0 saturated carbocycles. The normalized spacial score (nSPS) is 15.8. The Morgan fingerprint density at radius 1 is 1.19 bits per heavy atom. The van der Waals surface area contributed by atoms with Gasteiger partial charge in [0.25, 0.3) is 5.91 Å². The molecular weight excluding hydrogens is 332 g/mol. The molecular formula is C20H22N2O4. The van der Waals surface area contributed by atoms with Crippen LogP contribution in [0.25, 0.3) is 0 Å². The predicted molar refractivity (Wildman–Crippen MR) is 98.7 cm³/mol. The van der Waals surface area contributed by atoms with E-state index in [0.29, 0.717) is 30.2 Å². The van der Waals surface area contributed by atoms with Gasteiger partial charge in [0, 0.05) is 18.5 Å². The van der Waals surface area contributed by atoms with Crippen LogP contribution in [0.2, 0.25) is 0 Å². The van der Waals surface area contributed by atoms with Gasteiger partial charge in [-0.15, -0.1) is 0 Å². The molecule has 2 aromatic carbocycles. The van der Waals surface area contributed by atoms with Crippen molar-refractivity contribution in [1.82, 2.24) is 5.32 Å². The third-order valence-corrected chi connectivity index (χ3v) is 4.23. The first-order chi connectivity index (χ1) is 12.7. The number of nitrogens with zero attached hydrogens (tertiary/aromatic N) is 1. The zero-order valence-electron chi connectivity index (χ0n) is 14.9. The van der Waals surface area contributed by atoms with Crippen LogP contribution in [0.5, 0.6) is 11.5 Å². The molecule has 0 aromatic heterocycles. The van der Waals surface area contributed by atoms with E-state index in [4.69, 9.17) is 14.3 Å². The Morgan fingerprint density at radius 3 is 2.73 bits per heavy atom. The van der Waals surface area contributed by atoms with Crippen LogP contribution in [0, 0.1) is 0 Å². The molecule has 6 heteroatoms. The number of oxime groups is 1. The van der Waals surface area contributed by atoms with Gasteiger partial charge in [0.2, 0.25) is 6.10 Å². The van der Waals surface area contributed by atoms with Crippen molar-refractivity contribution in [2.45, 2.75) is 18.9 Å². The molecule has 1 aliphatic rings. The van der Waals surface area contributed by atoms with Crippen LogP contribution in [-0.2, 0) is 16.1 Å². The van der Waals surface area contributed by atoms with Crippen molar-refractivity contribution in [2.75, 3.05) is 20.8 Å². The SMILES string of the molecule is COc1ccc(OC)c(C2=NO[C@H](C(=O)NCCc3ccccc3)C2)c1. The van der Waals surface area contributed by atoms with E-state index in [0.717, 1.165) is 12.0 Å². The molecule has 1 N–H and O–H groups in total. The fourth-order valence-corrected chi connectivity index (χ4v) is 2.81. The maximum atomic E-state index is 12.3. The van der Waals surface area contributed by atoms with Gasteiger partial charge < -0.3 is 19.6 Å². The van der Waals surface area contributed by atoms with Gasteiger partial charge in [0.05, 0.1) is 19.9 Å². The fraction of sp³-hybridized carbons (Fsp3) is 0.300. The highest BCUT2D eigenvalue weighted by atomic mass is 16.6. The number of rotatable bonds is 7. The Balaban J connectivity index is 1.57. The lowest BCUT2D eigenvalue weighted by molar-refractivity contribution is -0.131. The van der Waals surface area contributed by atoms with E-state index < -0.39 is 6.10 Å². The number of benzene rings is 2. The largest absolute Gasteiger partial charge is 0.497 e. The second-order valence-electron chi connectivity index (χ2n) is 5.93. The molecule has 2 aromatic rings. The van der Waals surface area contributed by atoms with E-state index in [9.17, 15) is 4.79 Å². The third kappa shape index (κ3) is 4.14. The maximum Gasteiger partial charge on any atom is 0.264 e. The molecule has 1 atom stereocenters. The molecule has 26 heavy (non-hydrogen) atoms. The van der Waals surface area contributed by atoms with E-state index in [1.165, 1.54) is 5.56 Å². The van der Waals surface area contributed by atoms with Crippen LogP contribution in [0.1, 0.15) is 17.5 Å². The van der Waals surface area contributed by atoms with E-state index in [-0.39, 0.29) is 5.91 Å². The van der Waals surface area contributed by atoms with Crippen molar-refractivity contribution >= 4 is 11.6 Å². The number of ether oxygens (including phenoxy) is 2.